The van der Waals surface area contributed by atoms with Crippen molar-refractivity contribution in [3.8, 4) is 0 Å². The molecule has 0 bridgehead atoms. The molecule has 1 fully saturated rings. The van der Waals surface area contributed by atoms with Crippen LogP contribution in [0.15, 0.2) is 24.3 Å². The second-order valence-electron chi connectivity index (χ2n) is 3.22. The second-order valence-corrected chi connectivity index (χ2v) is 3.74. The molecule has 1 saturated heterocycles. The van der Waals surface area contributed by atoms with E-state index in [4.69, 9.17) is 11.6 Å². The Morgan fingerprint density at radius 3 is 2.33 bits per heavy atom. The van der Waals surface area contributed by atoms with Crippen LogP contribution in [0.3, 0.4) is 0 Å². The summed E-state index contributed by atoms with van der Waals surface area (Å²) in [6.45, 7) is 0. The van der Waals surface area contributed by atoms with Crippen molar-refractivity contribution in [1.82, 2.24) is 0 Å². The van der Waals surface area contributed by atoms with E-state index in [0.29, 0.717) is 5.69 Å². The molecular formula is C10H7ClFNO2. The molecular weight excluding hydrogens is 221 g/mol. The predicted octanol–water partition coefficient (Wildman–Crippen LogP) is 1.70. The smallest absolute Gasteiger partial charge is 0.252 e. The zero-order chi connectivity index (χ0) is 11.0. The number of alkyl halides is 1. The van der Waals surface area contributed by atoms with Crippen molar-refractivity contribution in [1.29, 1.82) is 0 Å². The molecule has 3 nitrogen and oxygen atoms in total. The van der Waals surface area contributed by atoms with Gasteiger partial charge in [-0.3, -0.25) is 9.59 Å². The number of benzene rings is 1. The highest BCUT2D eigenvalue weighted by molar-refractivity contribution is 6.40. The highest BCUT2D eigenvalue weighted by Crippen LogP contribution is 2.25. The first-order valence-electron chi connectivity index (χ1n) is 4.36. The molecule has 1 aromatic rings. The lowest BCUT2D eigenvalue weighted by Crippen LogP contribution is -2.30. The summed E-state index contributed by atoms with van der Waals surface area (Å²) >= 11 is 5.65. The molecule has 5 heteroatoms. The maximum atomic E-state index is 12.6. The summed E-state index contributed by atoms with van der Waals surface area (Å²) in [5, 5.41) is -0.803. The van der Waals surface area contributed by atoms with Gasteiger partial charge in [-0.1, -0.05) is 0 Å². The Morgan fingerprint density at radius 1 is 1.27 bits per heavy atom. The summed E-state index contributed by atoms with van der Waals surface area (Å²) < 4.78 is 12.6. The lowest BCUT2D eigenvalue weighted by Gasteiger charge is -2.13. The third kappa shape index (κ3) is 1.72. The maximum absolute atomic E-state index is 12.6. The van der Waals surface area contributed by atoms with Gasteiger partial charge in [-0.15, -0.1) is 11.6 Å². The summed E-state index contributed by atoms with van der Waals surface area (Å²) in [6.07, 6.45) is -0.00222. The number of rotatable bonds is 1. The number of hydrogen-bond acceptors (Lipinski definition) is 2. The SMILES string of the molecule is O=C1CC(Cl)C(=O)N1c1ccc(F)cc1. The molecule has 2 rings (SSSR count). The van der Waals surface area contributed by atoms with Gasteiger partial charge in [0.15, 0.2) is 0 Å². The molecule has 2 amide bonds. The van der Waals surface area contributed by atoms with Gasteiger partial charge in [-0.25, -0.2) is 9.29 Å². The van der Waals surface area contributed by atoms with Gasteiger partial charge in [0, 0.05) is 0 Å². The Hall–Kier alpha value is -1.42. The van der Waals surface area contributed by atoms with Crippen LogP contribution in [0.1, 0.15) is 6.42 Å². The van der Waals surface area contributed by atoms with Crippen molar-refractivity contribution in [2.24, 2.45) is 0 Å². The molecule has 0 N–H and O–H groups in total. The molecule has 1 aliphatic heterocycles. The fourth-order valence-corrected chi connectivity index (χ4v) is 1.69. The van der Waals surface area contributed by atoms with E-state index in [1.165, 1.54) is 24.3 Å². The second kappa shape index (κ2) is 3.62. The Bertz CT molecular complexity index is 418. The summed E-state index contributed by atoms with van der Waals surface area (Å²) in [7, 11) is 0. The van der Waals surface area contributed by atoms with Crippen LogP contribution in [0.25, 0.3) is 0 Å². The molecule has 0 aliphatic carbocycles. The fraction of sp³-hybridized carbons (Fsp3) is 0.200. The molecule has 15 heavy (non-hydrogen) atoms. The average Bonchev–Trinajstić information content (AvgIpc) is 2.44. The topological polar surface area (TPSA) is 37.4 Å². The minimum Gasteiger partial charge on any atom is -0.274 e. The monoisotopic (exact) mass is 227 g/mol. The van der Waals surface area contributed by atoms with Crippen molar-refractivity contribution in [2.45, 2.75) is 11.8 Å². The normalized spacial score (nSPS) is 21.2. The first-order valence-corrected chi connectivity index (χ1v) is 4.79. The summed E-state index contributed by atoms with van der Waals surface area (Å²) in [4.78, 5) is 23.9. The molecule has 1 atom stereocenters. The number of amides is 2. The van der Waals surface area contributed by atoms with Crippen LogP contribution in [-0.2, 0) is 9.59 Å². The van der Waals surface area contributed by atoms with E-state index in [0.717, 1.165) is 4.90 Å². The Labute approximate surface area is 90.4 Å². The Morgan fingerprint density at radius 2 is 1.87 bits per heavy atom. The van der Waals surface area contributed by atoms with Crippen molar-refractivity contribution in [3.63, 3.8) is 0 Å². The fourth-order valence-electron chi connectivity index (χ4n) is 1.46. The first kappa shape index (κ1) is 10.1. The first-order chi connectivity index (χ1) is 7.09. The van der Waals surface area contributed by atoms with Crippen LogP contribution in [0.2, 0.25) is 0 Å². The van der Waals surface area contributed by atoms with Crippen molar-refractivity contribution in [2.75, 3.05) is 4.90 Å². The van der Waals surface area contributed by atoms with E-state index in [9.17, 15) is 14.0 Å². The third-order valence-corrected chi connectivity index (χ3v) is 2.52. The Kier molecular flexibility index (Phi) is 2.44. The molecule has 1 unspecified atom stereocenters. The van der Waals surface area contributed by atoms with Gasteiger partial charge in [0.05, 0.1) is 12.1 Å². The van der Waals surface area contributed by atoms with E-state index in [2.05, 4.69) is 0 Å². The van der Waals surface area contributed by atoms with E-state index < -0.39 is 17.1 Å². The van der Waals surface area contributed by atoms with E-state index in [1.807, 2.05) is 0 Å². The standard InChI is InChI=1S/C10H7ClFNO2/c11-8-5-9(14)13(10(8)15)7-3-1-6(12)2-4-7/h1-4,8H,5H2. The minimum atomic E-state index is -0.803. The van der Waals surface area contributed by atoms with E-state index in [-0.39, 0.29) is 12.3 Å². The maximum Gasteiger partial charge on any atom is 0.252 e. The molecule has 0 spiro atoms. The van der Waals surface area contributed by atoms with E-state index in [1.54, 1.807) is 0 Å². The molecule has 1 heterocycles. The molecule has 0 saturated carbocycles. The van der Waals surface area contributed by atoms with Gasteiger partial charge in [0.25, 0.3) is 5.91 Å². The highest BCUT2D eigenvalue weighted by Gasteiger charge is 2.38. The lowest BCUT2D eigenvalue weighted by molar-refractivity contribution is -0.121. The summed E-state index contributed by atoms with van der Waals surface area (Å²) in [5.41, 5.74) is 0.356. The predicted molar refractivity (Wildman–Crippen MR) is 53.2 cm³/mol. The summed E-state index contributed by atoms with van der Waals surface area (Å²) in [5.74, 6) is -1.22. The number of halogens is 2. The average molecular weight is 228 g/mol. The minimum absolute atomic E-state index is 0.00222. The molecule has 78 valence electrons. The number of carbonyl (C=O) groups excluding carboxylic acids is 2. The van der Waals surface area contributed by atoms with Gasteiger partial charge in [-0.2, -0.15) is 0 Å². The van der Waals surface area contributed by atoms with Crippen molar-refractivity contribution in [3.05, 3.63) is 30.1 Å². The van der Waals surface area contributed by atoms with Gasteiger partial charge in [0.1, 0.15) is 11.2 Å². The largest absolute Gasteiger partial charge is 0.274 e. The quantitative estimate of drug-likeness (QED) is 0.541. The molecule has 0 aromatic heterocycles. The van der Waals surface area contributed by atoms with Crippen LogP contribution in [0.5, 0.6) is 0 Å². The Balaban J connectivity index is 2.35. The van der Waals surface area contributed by atoms with Gasteiger partial charge >= 0.3 is 0 Å². The number of imide groups is 1. The van der Waals surface area contributed by atoms with Gasteiger partial charge in [0.2, 0.25) is 5.91 Å². The van der Waals surface area contributed by atoms with Crippen LogP contribution < -0.4 is 4.90 Å². The van der Waals surface area contributed by atoms with Gasteiger partial charge < -0.3 is 0 Å². The number of carbonyl (C=O) groups is 2. The number of hydrogen-bond donors (Lipinski definition) is 0. The zero-order valence-corrected chi connectivity index (χ0v) is 8.37. The zero-order valence-electron chi connectivity index (χ0n) is 7.61. The van der Waals surface area contributed by atoms with Gasteiger partial charge in [-0.05, 0) is 24.3 Å². The highest BCUT2D eigenvalue weighted by atomic mass is 35.5. The number of nitrogens with zero attached hydrogens (tertiary/aromatic N) is 1. The van der Waals surface area contributed by atoms with Crippen molar-refractivity contribution < 1.29 is 14.0 Å². The third-order valence-electron chi connectivity index (χ3n) is 2.18. The summed E-state index contributed by atoms with van der Waals surface area (Å²) in [6, 6.07) is 5.13. The van der Waals surface area contributed by atoms with Crippen LogP contribution in [0.4, 0.5) is 10.1 Å². The molecule has 1 aliphatic rings. The van der Waals surface area contributed by atoms with E-state index >= 15 is 0 Å². The van der Waals surface area contributed by atoms with Crippen LogP contribution >= 0.6 is 11.6 Å². The number of anilines is 1. The molecule has 1 aromatic carbocycles. The molecule has 0 radical (unpaired) electrons. The van der Waals surface area contributed by atoms with Crippen LogP contribution in [-0.4, -0.2) is 17.2 Å². The van der Waals surface area contributed by atoms with Crippen molar-refractivity contribution >= 4 is 29.1 Å². The van der Waals surface area contributed by atoms with Crippen LogP contribution in [0, 0.1) is 5.82 Å². The lowest BCUT2D eigenvalue weighted by atomic mass is 10.3.